The Labute approximate surface area is 144 Å². The monoisotopic (exact) mass is 338 g/mol. The van der Waals surface area contributed by atoms with Gasteiger partial charge in [-0.05, 0) is 41.5 Å². The summed E-state index contributed by atoms with van der Waals surface area (Å²) >= 11 is 6.07. The molecular formula is C19H15ClN2O2. The minimum atomic E-state index is -0.407. The molecule has 0 spiro atoms. The molecule has 0 radical (unpaired) electrons. The van der Waals surface area contributed by atoms with Crippen molar-refractivity contribution < 1.29 is 9.90 Å². The number of phenolic OH excluding ortho intramolecular Hbond substituents is 1. The van der Waals surface area contributed by atoms with Gasteiger partial charge in [0, 0.05) is 5.56 Å². The molecule has 4 nitrogen and oxygen atoms in total. The Bertz CT molecular complexity index is 951. The number of carbonyl (C=O) groups excluding carboxylic acids is 1. The molecule has 5 heteroatoms. The summed E-state index contributed by atoms with van der Waals surface area (Å²) in [7, 11) is 0. The predicted octanol–water partition coefficient (Wildman–Crippen LogP) is 4.27. The van der Waals surface area contributed by atoms with E-state index in [2.05, 4.69) is 10.5 Å². The van der Waals surface area contributed by atoms with Crippen LogP contribution in [0.4, 0.5) is 0 Å². The number of hydrazone groups is 1. The average Bonchev–Trinajstić information content (AvgIpc) is 2.56. The summed E-state index contributed by atoms with van der Waals surface area (Å²) in [4.78, 5) is 12.1. The number of aromatic hydroxyl groups is 1. The molecule has 0 saturated heterocycles. The number of nitrogens with zero attached hydrogens (tertiary/aromatic N) is 1. The first-order chi connectivity index (χ1) is 11.6. The molecule has 0 unspecified atom stereocenters. The smallest absolute Gasteiger partial charge is 0.272 e. The first kappa shape index (κ1) is 16.0. The van der Waals surface area contributed by atoms with Gasteiger partial charge < -0.3 is 5.11 Å². The maximum absolute atomic E-state index is 12.1. The molecule has 0 aliphatic rings. The second-order valence-corrected chi connectivity index (χ2v) is 5.81. The van der Waals surface area contributed by atoms with E-state index in [1.54, 1.807) is 24.3 Å². The van der Waals surface area contributed by atoms with Crippen LogP contribution in [0.2, 0.25) is 5.02 Å². The van der Waals surface area contributed by atoms with E-state index in [0.29, 0.717) is 16.1 Å². The number of hydrogen-bond donors (Lipinski definition) is 2. The van der Waals surface area contributed by atoms with Gasteiger partial charge in [-0.15, -0.1) is 0 Å². The molecule has 0 aromatic heterocycles. The molecule has 3 aromatic rings. The molecule has 3 aromatic carbocycles. The van der Waals surface area contributed by atoms with Crippen LogP contribution >= 0.6 is 11.6 Å². The van der Waals surface area contributed by atoms with Gasteiger partial charge in [0.25, 0.3) is 5.91 Å². The highest BCUT2D eigenvalue weighted by Gasteiger charge is 2.09. The van der Waals surface area contributed by atoms with Crippen molar-refractivity contribution in [2.24, 2.45) is 5.10 Å². The summed E-state index contributed by atoms with van der Waals surface area (Å²) in [6, 6.07) is 16.2. The van der Waals surface area contributed by atoms with Crippen LogP contribution < -0.4 is 5.43 Å². The maximum atomic E-state index is 12.1. The number of amides is 1. The molecule has 24 heavy (non-hydrogen) atoms. The van der Waals surface area contributed by atoms with Crippen molar-refractivity contribution in [3.63, 3.8) is 0 Å². The third-order valence-corrected chi connectivity index (χ3v) is 3.99. The van der Waals surface area contributed by atoms with Crippen molar-refractivity contribution in [3.05, 3.63) is 76.3 Å². The Balaban J connectivity index is 1.84. The van der Waals surface area contributed by atoms with Gasteiger partial charge in [0.05, 0.1) is 16.8 Å². The van der Waals surface area contributed by atoms with Crippen LogP contribution in [-0.4, -0.2) is 17.2 Å². The summed E-state index contributed by atoms with van der Waals surface area (Å²) < 4.78 is 0. The quantitative estimate of drug-likeness (QED) is 0.553. The van der Waals surface area contributed by atoms with E-state index in [4.69, 9.17) is 11.6 Å². The number of aryl methyl sites for hydroxylation is 1. The lowest BCUT2D eigenvalue weighted by Gasteiger charge is -2.06. The second kappa shape index (κ2) is 6.72. The minimum Gasteiger partial charge on any atom is -0.507 e. The van der Waals surface area contributed by atoms with Crippen LogP contribution in [0.3, 0.4) is 0 Å². The van der Waals surface area contributed by atoms with E-state index in [1.807, 2.05) is 37.3 Å². The average molecular weight is 339 g/mol. The number of fused-ring (bicyclic) bond motifs is 1. The minimum absolute atomic E-state index is 0.0973. The maximum Gasteiger partial charge on any atom is 0.272 e. The molecule has 120 valence electrons. The van der Waals surface area contributed by atoms with Gasteiger partial charge in [-0.3, -0.25) is 4.79 Å². The van der Waals surface area contributed by atoms with E-state index in [1.165, 1.54) is 6.21 Å². The van der Waals surface area contributed by atoms with Gasteiger partial charge in [0.15, 0.2) is 0 Å². The first-order valence-electron chi connectivity index (χ1n) is 7.36. The van der Waals surface area contributed by atoms with Gasteiger partial charge in [0.1, 0.15) is 5.75 Å². The second-order valence-electron chi connectivity index (χ2n) is 5.40. The highest BCUT2D eigenvalue weighted by molar-refractivity contribution is 6.33. The van der Waals surface area contributed by atoms with E-state index in [-0.39, 0.29) is 5.75 Å². The van der Waals surface area contributed by atoms with Crippen LogP contribution in [0.15, 0.2) is 59.7 Å². The van der Waals surface area contributed by atoms with Crippen molar-refractivity contribution in [1.29, 1.82) is 0 Å². The summed E-state index contributed by atoms with van der Waals surface area (Å²) in [6.45, 7) is 1.90. The third-order valence-electron chi connectivity index (χ3n) is 3.68. The number of carbonyl (C=O) groups is 1. The van der Waals surface area contributed by atoms with Gasteiger partial charge in [-0.2, -0.15) is 5.10 Å². The molecule has 3 rings (SSSR count). The molecular weight excluding hydrogens is 324 g/mol. The fourth-order valence-electron chi connectivity index (χ4n) is 2.44. The van der Waals surface area contributed by atoms with Crippen molar-refractivity contribution in [3.8, 4) is 5.75 Å². The normalized spacial score (nSPS) is 11.1. The number of benzene rings is 3. The van der Waals surface area contributed by atoms with Crippen LogP contribution in [0.5, 0.6) is 5.75 Å². The standard InChI is InChI=1S/C19H15ClN2O2/c1-12-6-8-15(17(20)10-12)19(24)22-21-11-16-14-5-3-2-4-13(14)7-9-18(16)23/h2-11,23H,1H3,(H,22,24)/b21-11+. The van der Waals surface area contributed by atoms with Crippen molar-refractivity contribution >= 4 is 34.5 Å². The van der Waals surface area contributed by atoms with Gasteiger partial charge in [-0.25, -0.2) is 5.43 Å². The summed E-state index contributed by atoms with van der Waals surface area (Å²) in [5.41, 5.74) is 4.30. The van der Waals surface area contributed by atoms with E-state index < -0.39 is 5.91 Å². The topological polar surface area (TPSA) is 61.7 Å². The molecule has 0 bridgehead atoms. The number of rotatable bonds is 3. The zero-order valence-corrected chi connectivity index (χ0v) is 13.7. The zero-order chi connectivity index (χ0) is 17.1. The van der Waals surface area contributed by atoms with Crippen molar-refractivity contribution in [1.82, 2.24) is 5.43 Å². The zero-order valence-electron chi connectivity index (χ0n) is 13.0. The fourth-order valence-corrected chi connectivity index (χ4v) is 2.76. The van der Waals surface area contributed by atoms with Gasteiger partial charge >= 0.3 is 0 Å². The first-order valence-corrected chi connectivity index (χ1v) is 7.74. The summed E-state index contributed by atoms with van der Waals surface area (Å²) in [5, 5.41) is 16.2. The van der Waals surface area contributed by atoms with Crippen LogP contribution in [0.1, 0.15) is 21.5 Å². The molecule has 0 aliphatic heterocycles. The Morgan fingerprint density at radius 3 is 2.75 bits per heavy atom. The highest BCUT2D eigenvalue weighted by atomic mass is 35.5. The van der Waals surface area contributed by atoms with E-state index >= 15 is 0 Å². The molecule has 0 fully saturated rings. The Morgan fingerprint density at radius 2 is 1.96 bits per heavy atom. The third kappa shape index (κ3) is 3.24. The molecule has 0 aliphatic carbocycles. The van der Waals surface area contributed by atoms with E-state index in [0.717, 1.165) is 16.3 Å². The fraction of sp³-hybridized carbons (Fsp3) is 0.0526. The lowest BCUT2D eigenvalue weighted by molar-refractivity contribution is 0.0955. The number of phenols is 1. The SMILES string of the molecule is Cc1ccc(C(=O)N/N=C/c2c(O)ccc3ccccc23)c(Cl)c1. The molecule has 1 amide bonds. The largest absolute Gasteiger partial charge is 0.507 e. The van der Waals surface area contributed by atoms with Gasteiger partial charge in [0.2, 0.25) is 0 Å². The lowest BCUT2D eigenvalue weighted by atomic mass is 10.0. The van der Waals surface area contributed by atoms with Gasteiger partial charge in [-0.1, -0.05) is 48.0 Å². The lowest BCUT2D eigenvalue weighted by Crippen LogP contribution is -2.18. The molecule has 2 N–H and O–H groups in total. The van der Waals surface area contributed by atoms with Crippen molar-refractivity contribution in [2.75, 3.05) is 0 Å². The summed E-state index contributed by atoms with van der Waals surface area (Å²) in [6.07, 6.45) is 1.43. The Kier molecular flexibility index (Phi) is 4.49. The van der Waals surface area contributed by atoms with Crippen LogP contribution in [0.25, 0.3) is 10.8 Å². The molecule has 0 saturated carbocycles. The van der Waals surface area contributed by atoms with E-state index in [9.17, 15) is 9.90 Å². The number of hydrogen-bond acceptors (Lipinski definition) is 3. The van der Waals surface area contributed by atoms with Crippen LogP contribution in [-0.2, 0) is 0 Å². The number of halogens is 1. The van der Waals surface area contributed by atoms with Crippen molar-refractivity contribution in [2.45, 2.75) is 6.92 Å². The highest BCUT2D eigenvalue weighted by Crippen LogP contribution is 2.25. The summed E-state index contributed by atoms with van der Waals surface area (Å²) in [5.74, 6) is -0.309. The predicted molar refractivity (Wildman–Crippen MR) is 96.9 cm³/mol. The van der Waals surface area contributed by atoms with Crippen LogP contribution in [0, 0.1) is 6.92 Å². The molecule has 0 atom stereocenters. The molecule has 0 heterocycles. The Morgan fingerprint density at radius 1 is 1.17 bits per heavy atom. The number of nitrogens with one attached hydrogen (secondary N) is 1. The Hall–Kier alpha value is -2.85.